The molecule has 0 saturated carbocycles. The van der Waals surface area contributed by atoms with Gasteiger partial charge in [0.25, 0.3) is 0 Å². The molecule has 2 rings (SSSR count). The molecular weight excluding hydrogens is 316 g/mol. The van der Waals surface area contributed by atoms with Crippen LogP contribution in [-0.4, -0.2) is 59.2 Å². The van der Waals surface area contributed by atoms with Crippen LogP contribution in [0.4, 0.5) is 0 Å². The van der Waals surface area contributed by atoms with E-state index in [0.717, 1.165) is 5.41 Å². The van der Waals surface area contributed by atoms with Gasteiger partial charge in [-0.05, 0) is 25.2 Å². The highest BCUT2D eigenvalue weighted by Gasteiger charge is 2.37. The second kappa shape index (κ2) is 6.74. The maximum Gasteiger partial charge on any atom is 0.233 e. The van der Waals surface area contributed by atoms with E-state index in [4.69, 9.17) is 4.74 Å². The van der Waals surface area contributed by atoms with Gasteiger partial charge in [0.1, 0.15) is 0 Å². The van der Waals surface area contributed by atoms with Gasteiger partial charge in [0, 0.05) is 38.3 Å². The number of nitrogens with one attached hydrogen (secondary N) is 1. The molecule has 0 amide bonds. The van der Waals surface area contributed by atoms with Gasteiger partial charge in [-0.3, -0.25) is 0 Å². The van der Waals surface area contributed by atoms with Crippen LogP contribution in [0.25, 0.3) is 0 Å². The summed E-state index contributed by atoms with van der Waals surface area (Å²) in [7, 11) is -6.75. The van der Waals surface area contributed by atoms with E-state index in [2.05, 4.69) is 11.3 Å². The first-order valence-corrected chi connectivity index (χ1v) is 10.1. The van der Waals surface area contributed by atoms with E-state index < -0.39 is 20.0 Å². The third-order valence-electron chi connectivity index (χ3n) is 3.99. The zero-order valence-corrected chi connectivity index (χ0v) is 13.5. The standard InChI is InChI=1S/C12H22N2O5S2/c1-2-20(15,16)13-9-11-3-6-14(10-11)21(17,18)12-4-7-19-8-5-12/h2,11-13H,1,3-10H2. The molecule has 0 aromatic heterocycles. The van der Waals surface area contributed by atoms with E-state index in [-0.39, 0.29) is 17.7 Å². The molecule has 0 spiro atoms. The highest BCUT2D eigenvalue weighted by molar-refractivity contribution is 7.92. The molecule has 0 radical (unpaired) electrons. The second-order valence-electron chi connectivity index (χ2n) is 5.43. The fraction of sp³-hybridized carbons (Fsp3) is 0.833. The van der Waals surface area contributed by atoms with Crippen molar-refractivity contribution in [2.75, 3.05) is 32.8 Å². The highest BCUT2D eigenvalue weighted by atomic mass is 32.2. The number of hydrogen-bond acceptors (Lipinski definition) is 5. The van der Waals surface area contributed by atoms with Gasteiger partial charge >= 0.3 is 0 Å². The highest BCUT2D eigenvalue weighted by Crippen LogP contribution is 2.25. The lowest BCUT2D eigenvalue weighted by atomic mass is 10.1. The molecule has 1 atom stereocenters. The quantitative estimate of drug-likeness (QED) is 0.729. The summed E-state index contributed by atoms with van der Waals surface area (Å²) in [6, 6.07) is 0. The molecule has 0 aromatic rings. The maximum atomic E-state index is 12.5. The Bertz CT molecular complexity index is 566. The van der Waals surface area contributed by atoms with Gasteiger partial charge in [0.05, 0.1) is 5.25 Å². The van der Waals surface area contributed by atoms with E-state index in [1.54, 1.807) is 0 Å². The van der Waals surface area contributed by atoms with E-state index in [9.17, 15) is 16.8 Å². The molecule has 2 aliphatic rings. The van der Waals surface area contributed by atoms with Crippen LogP contribution >= 0.6 is 0 Å². The molecule has 7 nitrogen and oxygen atoms in total. The van der Waals surface area contributed by atoms with Crippen molar-refractivity contribution in [3.63, 3.8) is 0 Å². The van der Waals surface area contributed by atoms with Crippen LogP contribution in [-0.2, 0) is 24.8 Å². The van der Waals surface area contributed by atoms with Crippen LogP contribution in [0, 0.1) is 5.92 Å². The SMILES string of the molecule is C=CS(=O)(=O)NCC1CCN(S(=O)(=O)C2CCOCC2)C1. The van der Waals surface area contributed by atoms with Gasteiger partial charge in [0.15, 0.2) is 0 Å². The monoisotopic (exact) mass is 338 g/mol. The van der Waals surface area contributed by atoms with Crippen LogP contribution in [0.3, 0.4) is 0 Å². The molecule has 1 N–H and O–H groups in total. The molecule has 2 heterocycles. The van der Waals surface area contributed by atoms with Gasteiger partial charge in [-0.25, -0.2) is 25.9 Å². The molecule has 2 saturated heterocycles. The Morgan fingerprint density at radius 1 is 1.19 bits per heavy atom. The van der Waals surface area contributed by atoms with E-state index >= 15 is 0 Å². The van der Waals surface area contributed by atoms with Crippen molar-refractivity contribution in [1.82, 2.24) is 9.03 Å². The van der Waals surface area contributed by atoms with Crippen LogP contribution in [0.5, 0.6) is 0 Å². The van der Waals surface area contributed by atoms with Crippen molar-refractivity contribution in [1.29, 1.82) is 0 Å². The summed E-state index contributed by atoms with van der Waals surface area (Å²) in [5.41, 5.74) is 0. The number of hydrogen-bond donors (Lipinski definition) is 1. The van der Waals surface area contributed by atoms with Gasteiger partial charge in [-0.15, -0.1) is 0 Å². The molecule has 0 bridgehead atoms. The third kappa shape index (κ3) is 4.26. The largest absolute Gasteiger partial charge is 0.381 e. The summed E-state index contributed by atoms with van der Waals surface area (Å²) in [5, 5.41) is 0.494. The molecule has 2 aliphatic heterocycles. The average molecular weight is 338 g/mol. The summed E-state index contributed by atoms with van der Waals surface area (Å²) in [4.78, 5) is 0. The zero-order valence-electron chi connectivity index (χ0n) is 11.9. The van der Waals surface area contributed by atoms with Crippen LogP contribution < -0.4 is 4.72 Å². The summed E-state index contributed by atoms with van der Waals surface area (Å²) in [6.07, 6.45) is 1.74. The normalized spacial score (nSPS) is 26.0. The minimum atomic E-state index is -3.45. The molecule has 1 unspecified atom stereocenters. The second-order valence-corrected chi connectivity index (χ2v) is 9.35. The third-order valence-corrected chi connectivity index (χ3v) is 7.36. The van der Waals surface area contributed by atoms with E-state index in [1.807, 2.05) is 0 Å². The first kappa shape index (κ1) is 16.9. The van der Waals surface area contributed by atoms with Crippen molar-refractivity contribution in [3.8, 4) is 0 Å². The van der Waals surface area contributed by atoms with Crippen molar-refractivity contribution in [3.05, 3.63) is 12.0 Å². The Balaban J connectivity index is 1.90. The fourth-order valence-electron chi connectivity index (χ4n) is 2.67. The molecule has 9 heteroatoms. The minimum Gasteiger partial charge on any atom is -0.381 e. The van der Waals surface area contributed by atoms with Crippen LogP contribution in [0.2, 0.25) is 0 Å². The van der Waals surface area contributed by atoms with Crippen molar-refractivity contribution >= 4 is 20.0 Å². The fourth-order valence-corrected chi connectivity index (χ4v) is 5.25. The Morgan fingerprint density at radius 3 is 2.48 bits per heavy atom. The van der Waals surface area contributed by atoms with Gasteiger partial charge in [-0.1, -0.05) is 6.58 Å². The predicted octanol–water partition coefficient (Wildman–Crippen LogP) is -0.120. The van der Waals surface area contributed by atoms with Gasteiger partial charge < -0.3 is 4.74 Å². The van der Waals surface area contributed by atoms with E-state index in [1.165, 1.54) is 4.31 Å². The van der Waals surface area contributed by atoms with Crippen molar-refractivity contribution < 1.29 is 21.6 Å². The van der Waals surface area contributed by atoms with Crippen molar-refractivity contribution in [2.45, 2.75) is 24.5 Å². The molecule has 21 heavy (non-hydrogen) atoms. The molecular formula is C12H22N2O5S2. The van der Waals surface area contributed by atoms with Gasteiger partial charge in [-0.2, -0.15) is 0 Å². The Morgan fingerprint density at radius 2 is 1.86 bits per heavy atom. The summed E-state index contributed by atoms with van der Waals surface area (Å²) in [5.74, 6) is 0.00865. The summed E-state index contributed by atoms with van der Waals surface area (Å²) in [6.45, 7) is 5.27. The minimum absolute atomic E-state index is 0.00865. The molecule has 2 fully saturated rings. The maximum absolute atomic E-state index is 12.5. The predicted molar refractivity (Wildman–Crippen MR) is 79.6 cm³/mol. The Kier molecular flexibility index (Phi) is 5.42. The summed E-state index contributed by atoms with van der Waals surface area (Å²) >= 11 is 0. The van der Waals surface area contributed by atoms with Crippen molar-refractivity contribution in [2.24, 2.45) is 5.92 Å². The first-order valence-electron chi connectivity index (χ1n) is 7.04. The van der Waals surface area contributed by atoms with E-state index in [0.29, 0.717) is 45.6 Å². The number of ether oxygens (including phenoxy) is 1. The topological polar surface area (TPSA) is 92.8 Å². The first-order chi connectivity index (χ1) is 9.85. The Labute approximate surface area is 126 Å². The Hall–Kier alpha value is -0.480. The van der Waals surface area contributed by atoms with Gasteiger partial charge in [0.2, 0.25) is 20.0 Å². The lowest BCUT2D eigenvalue weighted by Crippen LogP contribution is -2.40. The lowest BCUT2D eigenvalue weighted by Gasteiger charge is -2.27. The lowest BCUT2D eigenvalue weighted by molar-refractivity contribution is 0.0973. The average Bonchev–Trinajstić information content (AvgIpc) is 2.96. The summed E-state index contributed by atoms with van der Waals surface area (Å²) < 4.78 is 56.7. The van der Waals surface area contributed by atoms with Crippen LogP contribution in [0.1, 0.15) is 19.3 Å². The van der Waals surface area contributed by atoms with Crippen LogP contribution in [0.15, 0.2) is 12.0 Å². The number of rotatable bonds is 6. The zero-order chi connectivity index (χ0) is 15.5. The number of nitrogens with zero attached hydrogens (tertiary/aromatic N) is 1. The smallest absolute Gasteiger partial charge is 0.233 e. The molecule has 0 aliphatic carbocycles. The molecule has 122 valence electrons. The molecule has 0 aromatic carbocycles. The number of sulfonamides is 2.